The third-order valence-corrected chi connectivity index (χ3v) is 3.59. The van der Waals surface area contributed by atoms with Crippen LogP contribution in [-0.2, 0) is 19.0 Å². The summed E-state index contributed by atoms with van der Waals surface area (Å²) in [4.78, 5) is 11.2. The van der Waals surface area contributed by atoms with E-state index in [0.29, 0.717) is 6.42 Å². The Morgan fingerprint density at radius 1 is 1.32 bits per heavy atom. The van der Waals surface area contributed by atoms with Crippen molar-refractivity contribution >= 4 is 5.97 Å². The first-order valence-electron chi connectivity index (χ1n) is 6.90. The molecule has 0 aliphatic carbocycles. The van der Waals surface area contributed by atoms with Crippen LogP contribution in [0, 0.1) is 0 Å². The van der Waals surface area contributed by atoms with Gasteiger partial charge < -0.3 is 19.3 Å². The molecule has 2 rings (SSSR count). The molecule has 2 heterocycles. The van der Waals surface area contributed by atoms with Crippen molar-refractivity contribution in [3.63, 3.8) is 0 Å². The van der Waals surface area contributed by atoms with Crippen LogP contribution in [0.1, 0.15) is 39.0 Å². The van der Waals surface area contributed by atoms with Crippen molar-refractivity contribution < 1.29 is 24.1 Å². The maximum Gasteiger partial charge on any atom is 0.337 e. The number of ether oxygens (including phenoxy) is 3. The zero-order valence-electron chi connectivity index (χ0n) is 11.3. The summed E-state index contributed by atoms with van der Waals surface area (Å²) in [7, 11) is 0. The molecule has 5 heteroatoms. The van der Waals surface area contributed by atoms with E-state index in [1.54, 1.807) is 6.92 Å². The number of aliphatic hydroxyl groups excluding tert-OH is 1. The number of hydrogen-bond donors (Lipinski definition) is 1. The van der Waals surface area contributed by atoms with Crippen LogP contribution in [-0.4, -0.2) is 42.3 Å². The summed E-state index contributed by atoms with van der Waals surface area (Å²) in [6.07, 6.45) is 3.12. The highest BCUT2D eigenvalue weighted by atomic mass is 16.7. The van der Waals surface area contributed by atoms with Crippen molar-refractivity contribution in [3.8, 4) is 0 Å². The molecule has 1 N–H and O–H groups in total. The second kappa shape index (κ2) is 6.50. The highest BCUT2D eigenvalue weighted by molar-refractivity contribution is 5.75. The molecule has 0 saturated carbocycles. The van der Waals surface area contributed by atoms with Gasteiger partial charge in [0.25, 0.3) is 0 Å². The molecular weight excluding hydrogens is 248 g/mol. The molecule has 2 saturated heterocycles. The van der Waals surface area contributed by atoms with Crippen molar-refractivity contribution in [2.45, 2.75) is 63.6 Å². The van der Waals surface area contributed by atoms with Crippen LogP contribution in [0.15, 0.2) is 12.2 Å². The third kappa shape index (κ3) is 3.78. The van der Waals surface area contributed by atoms with Crippen molar-refractivity contribution in [1.82, 2.24) is 0 Å². The second-order valence-corrected chi connectivity index (χ2v) is 5.20. The molecule has 0 aromatic carbocycles. The van der Waals surface area contributed by atoms with Gasteiger partial charge in [-0.05, 0) is 38.2 Å². The van der Waals surface area contributed by atoms with Crippen molar-refractivity contribution in [2.75, 3.05) is 6.61 Å². The number of aliphatic hydroxyl groups is 1. The summed E-state index contributed by atoms with van der Waals surface area (Å²) in [5, 5.41) is 8.81. The first kappa shape index (κ1) is 14.5. The quantitative estimate of drug-likeness (QED) is 0.586. The van der Waals surface area contributed by atoms with Gasteiger partial charge in [-0.15, -0.1) is 0 Å². The van der Waals surface area contributed by atoms with E-state index in [1.807, 2.05) is 0 Å². The van der Waals surface area contributed by atoms with Gasteiger partial charge in [-0.25, -0.2) is 4.79 Å². The van der Waals surface area contributed by atoms with E-state index < -0.39 is 12.4 Å². The van der Waals surface area contributed by atoms with E-state index in [9.17, 15) is 4.79 Å². The normalized spacial score (nSPS) is 34.8. The molecule has 0 bridgehead atoms. The molecule has 0 amide bonds. The highest BCUT2D eigenvalue weighted by Gasteiger charge is 2.34. The molecule has 4 atom stereocenters. The zero-order chi connectivity index (χ0) is 13.8. The molecular formula is C14H22O5. The van der Waals surface area contributed by atoms with Crippen LogP contribution in [0.5, 0.6) is 0 Å². The van der Waals surface area contributed by atoms with Crippen LogP contribution < -0.4 is 0 Å². The highest BCUT2D eigenvalue weighted by Crippen LogP contribution is 2.31. The summed E-state index contributed by atoms with van der Waals surface area (Å²) in [6.45, 7) is 5.92. The third-order valence-electron chi connectivity index (χ3n) is 3.59. The molecule has 108 valence electrons. The largest absolute Gasteiger partial charge is 0.434 e. The van der Waals surface area contributed by atoms with Gasteiger partial charge in [-0.1, -0.05) is 6.58 Å². The first-order valence-corrected chi connectivity index (χ1v) is 6.90. The smallest absolute Gasteiger partial charge is 0.337 e. The average molecular weight is 270 g/mol. The van der Waals surface area contributed by atoms with Crippen molar-refractivity contribution in [3.05, 3.63) is 12.2 Å². The standard InChI is InChI=1S/C14H22O5/c1-9-8-11(4-3-7-15)18-12(9)5-6-13-17-10(2)14(16)19-13/h10-13,15H,1,3-8H2,2H3/t10-,11-,12-,13+/m0/s1. The Bertz CT molecular complexity index is 341. The molecule has 0 spiro atoms. The Balaban J connectivity index is 1.71. The summed E-state index contributed by atoms with van der Waals surface area (Å²) < 4.78 is 16.3. The number of carbonyl (C=O) groups excluding carboxylic acids is 1. The second-order valence-electron chi connectivity index (χ2n) is 5.20. The molecule has 0 aromatic rings. The lowest BCUT2D eigenvalue weighted by molar-refractivity contribution is -0.144. The molecule has 19 heavy (non-hydrogen) atoms. The molecule has 0 radical (unpaired) electrons. The summed E-state index contributed by atoms with van der Waals surface area (Å²) in [5.41, 5.74) is 1.08. The van der Waals surface area contributed by atoms with Gasteiger partial charge in [0.15, 0.2) is 6.10 Å². The van der Waals surface area contributed by atoms with Gasteiger partial charge in [0.2, 0.25) is 6.29 Å². The predicted octanol–water partition coefficient (Wildman–Crippen LogP) is 1.54. The SMILES string of the molecule is C=C1C[C@H](CCCO)O[C@H]1CC[C@H]1OC(=O)[C@H](C)O1. The molecule has 0 unspecified atom stereocenters. The predicted molar refractivity (Wildman–Crippen MR) is 68.4 cm³/mol. The minimum atomic E-state index is -0.463. The monoisotopic (exact) mass is 270 g/mol. The minimum Gasteiger partial charge on any atom is -0.434 e. The Labute approximate surface area is 113 Å². The van der Waals surface area contributed by atoms with E-state index in [4.69, 9.17) is 19.3 Å². The van der Waals surface area contributed by atoms with Gasteiger partial charge in [-0.2, -0.15) is 0 Å². The Morgan fingerprint density at radius 2 is 2.11 bits per heavy atom. The summed E-state index contributed by atoms with van der Waals surface area (Å²) >= 11 is 0. The first-order chi connectivity index (χ1) is 9.10. The van der Waals surface area contributed by atoms with Gasteiger partial charge in [0, 0.05) is 13.0 Å². The topological polar surface area (TPSA) is 65.0 Å². The zero-order valence-corrected chi connectivity index (χ0v) is 11.3. The van der Waals surface area contributed by atoms with Crippen LogP contribution in [0.4, 0.5) is 0 Å². The van der Waals surface area contributed by atoms with Crippen molar-refractivity contribution in [1.29, 1.82) is 0 Å². The van der Waals surface area contributed by atoms with Crippen molar-refractivity contribution in [2.24, 2.45) is 0 Å². The van der Waals surface area contributed by atoms with E-state index in [0.717, 1.165) is 31.3 Å². The Kier molecular flexibility index (Phi) is 4.96. The van der Waals surface area contributed by atoms with E-state index in [2.05, 4.69) is 6.58 Å². The lowest BCUT2D eigenvalue weighted by Crippen LogP contribution is -2.16. The molecule has 0 aromatic heterocycles. The summed E-state index contributed by atoms with van der Waals surface area (Å²) in [6, 6.07) is 0. The molecule has 2 aliphatic heterocycles. The van der Waals surface area contributed by atoms with Gasteiger partial charge in [0.05, 0.1) is 12.2 Å². The number of carbonyl (C=O) groups is 1. The minimum absolute atomic E-state index is 0.0156. The lowest BCUT2D eigenvalue weighted by Gasteiger charge is -2.15. The maximum atomic E-state index is 11.2. The lowest BCUT2D eigenvalue weighted by atomic mass is 10.0. The van der Waals surface area contributed by atoms with Crippen LogP contribution >= 0.6 is 0 Å². The maximum absolute atomic E-state index is 11.2. The number of cyclic esters (lactones) is 1. The van der Waals surface area contributed by atoms with Crippen LogP contribution in [0.2, 0.25) is 0 Å². The fraction of sp³-hybridized carbons (Fsp3) is 0.786. The van der Waals surface area contributed by atoms with Crippen LogP contribution in [0.25, 0.3) is 0 Å². The van der Waals surface area contributed by atoms with E-state index >= 15 is 0 Å². The van der Waals surface area contributed by atoms with E-state index in [-0.39, 0.29) is 24.8 Å². The molecule has 2 aliphatic rings. The average Bonchev–Trinajstić information content (AvgIpc) is 2.88. The van der Waals surface area contributed by atoms with E-state index in [1.165, 1.54) is 0 Å². The Morgan fingerprint density at radius 3 is 2.74 bits per heavy atom. The van der Waals surface area contributed by atoms with Gasteiger partial charge in [0.1, 0.15) is 0 Å². The van der Waals surface area contributed by atoms with Crippen LogP contribution in [0.3, 0.4) is 0 Å². The molecule has 5 nitrogen and oxygen atoms in total. The number of esters is 1. The van der Waals surface area contributed by atoms with Gasteiger partial charge in [-0.3, -0.25) is 0 Å². The fourth-order valence-corrected chi connectivity index (χ4v) is 2.51. The number of rotatable bonds is 6. The summed E-state index contributed by atoms with van der Waals surface area (Å²) in [5.74, 6) is -0.294. The number of hydrogen-bond acceptors (Lipinski definition) is 5. The Hall–Kier alpha value is -0.910. The molecule has 2 fully saturated rings. The fourth-order valence-electron chi connectivity index (χ4n) is 2.51. The van der Waals surface area contributed by atoms with Gasteiger partial charge >= 0.3 is 5.97 Å².